The summed E-state index contributed by atoms with van der Waals surface area (Å²) in [6.45, 7) is 0. The van der Waals surface area contributed by atoms with Gasteiger partial charge in [-0.1, -0.05) is 6.08 Å². The topological polar surface area (TPSA) is 58.9 Å². The fourth-order valence-electron chi connectivity index (χ4n) is 1.04. The van der Waals surface area contributed by atoms with Gasteiger partial charge in [0.25, 0.3) is 5.91 Å². The summed E-state index contributed by atoms with van der Waals surface area (Å²) in [5.41, 5.74) is 0.475. The van der Waals surface area contributed by atoms with Gasteiger partial charge in [-0.3, -0.25) is 9.59 Å². The maximum absolute atomic E-state index is 11.1. The number of fused-ring (bicyclic) bond motifs is 1. The van der Waals surface area contributed by atoms with Crippen LogP contribution in [0.2, 0.25) is 0 Å². The average Bonchev–Trinajstić information content (AvgIpc) is 2.07. The number of hydrogen-bond donors (Lipinski definition) is 0. The molecule has 4 heteroatoms. The second-order valence-electron chi connectivity index (χ2n) is 2.33. The van der Waals surface area contributed by atoms with Gasteiger partial charge in [-0.25, -0.2) is 4.99 Å². The van der Waals surface area contributed by atoms with E-state index in [0.717, 1.165) is 6.34 Å². The molecule has 0 atom stereocenters. The molecule has 1 aliphatic heterocycles. The van der Waals surface area contributed by atoms with E-state index >= 15 is 0 Å². The molecule has 0 aromatic heterocycles. The zero-order chi connectivity index (χ0) is 8.55. The Bertz CT molecular complexity index is 348. The molecule has 2 aliphatic rings. The summed E-state index contributed by atoms with van der Waals surface area (Å²) in [5, 5.41) is 0. The third-order valence-electron chi connectivity index (χ3n) is 1.59. The summed E-state index contributed by atoms with van der Waals surface area (Å²) in [6.07, 6.45) is 5.54. The van der Waals surface area contributed by atoms with E-state index < -0.39 is 5.91 Å². The highest BCUT2D eigenvalue weighted by Gasteiger charge is 2.24. The number of hydrogen-bond acceptors (Lipinski definition) is 3. The summed E-state index contributed by atoms with van der Waals surface area (Å²) in [7, 11) is 0. The van der Waals surface area contributed by atoms with Gasteiger partial charge < -0.3 is 0 Å². The number of ketones is 1. The van der Waals surface area contributed by atoms with Crippen molar-refractivity contribution >= 4 is 23.7 Å². The SMILES string of the molecule is O=C1C=CC=C2C(=O)N=CN=C12. The standard InChI is InChI=1S/C8H4N2O2/c11-6-3-1-2-5-7(6)9-4-10-8(5)12/h1-4H. The van der Waals surface area contributed by atoms with Gasteiger partial charge in [-0.05, 0) is 12.2 Å². The summed E-state index contributed by atoms with van der Waals surface area (Å²) in [4.78, 5) is 29.3. The molecule has 0 aromatic rings. The molecule has 0 bridgehead atoms. The maximum atomic E-state index is 11.1. The first-order valence-corrected chi connectivity index (χ1v) is 3.37. The van der Waals surface area contributed by atoms with E-state index in [1.54, 1.807) is 6.08 Å². The molecule has 1 aliphatic carbocycles. The van der Waals surface area contributed by atoms with Crippen LogP contribution >= 0.6 is 0 Å². The van der Waals surface area contributed by atoms with Crippen LogP contribution in [0.3, 0.4) is 0 Å². The zero-order valence-electron chi connectivity index (χ0n) is 6.02. The minimum atomic E-state index is -0.405. The highest BCUT2D eigenvalue weighted by Crippen LogP contribution is 2.11. The zero-order valence-corrected chi connectivity index (χ0v) is 6.02. The number of amides is 1. The molecule has 58 valence electrons. The van der Waals surface area contributed by atoms with Gasteiger partial charge in [-0.2, -0.15) is 4.99 Å². The quantitative estimate of drug-likeness (QED) is 0.470. The number of allylic oxidation sites excluding steroid dienone is 3. The summed E-state index contributed by atoms with van der Waals surface area (Å²) in [5.74, 6) is -0.648. The fourth-order valence-corrected chi connectivity index (χ4v) is 1.04. The van der Waals surface area contributed by atoms with Crippen LogP contribution in [0.25, 0.3) is 0 Å². The van der Waals surface area contributed by atoms with Gasteiger partial charge in [0.05, 0.1) is 5.57 Å². The van der Waals surface area contributed by atoms with Crippen molar-refractivity contribution in [1.29, 1.82) is 0 Å². The van der Waals surface area contributed by atoms with Crippen molar-refractivity contribution in [1.82, 2.24) is 0 Å². The lowest BCUT2D eigenvalue weighted by Crippen LogP contribution is -2.24. The molecule has 1 heterocycles. The van der Waals surface area contributed by atoms with Crippen molar-refractivity contribution in [3.8, 4) is 0 Å². The van der Waals surface area contributed by atoms with E-state index in [9.17, 15) is 9.59 Å². The van der Waals surface area contributed by atoms with Crippen LogP contribution in [0.5, 0.6) is 0 Å². The Morgan fingerprint density at radius 1 is 1.25 bits per heavy atom. The van der Waals surface area contributed by atoms with Crippen LogP contribution in [0.1, 0.15) is 0 Å². The van der Waals surface area contributed by atoms with Crippen molar-refractivity contribution in [2.75, 3.05) is 0 Å². The highest BCUT2D eigenvalue weighted by atomic mass is 16.2. The van der Waals surface area contributed by atoms with E-state index in [1.807, 2.05) is 0 Å². The Kier molecular flexibility index (Phi) is 1.33. The normalized spacial score (nSPS) is 20.3. The number of rotatable bonds is 0. The molecule has 0 saturated carbocycles. The first-order valence-electron chi connectivity index (χ1n) is 3.37. The van der Waals surface area contributed by atoms with Gasteiger partial charge in [0, 0.05) is 0 Å². The molecule has 0 N–H and O–H groups in total. The molecular formula is C8H4N2O2. The smallest absolute Gasteiger partial charge is 0.280 e. The fraction of sp³-hybridized carbons (Fsp3) is 0. The number of carbonyl (C=O) groups is 2. The Morgan fingerprint density at radius 3 is 2.83 bits per heavy atom. The molecule has 0 fully saturated rings. The molecule has 0 aromatic carbocycles. The van der Waals surface area contributed by atoms with Crippen molar-refractivity contribution in [2.45, 2.75) is 0 Å². The summed E-state index contributed by atoms with van der Waals surface area (Å²) < 4.78 is 0. The molecular weight excluding hydrogens is 156 g/mol. The van der Waals surface area contributed by atoms with E-state index in [1.165, 1.54) is 12.2 Å². The average molecular weight is 160 g/mol. The Balaban J connectivity index is 2.57. The number of nitrogens with zero attached hydrogens (tertiary/aromatic N) is 2. The van der Waals surface area contributed by atoms with E-state index in [2.05, 4.69) is 9.98 Å². The lowest BCUT2D eigenvalue weighted by atomic mass is 10.0. The predicted molar refractivity (Wildman–Crippen MR) is 43.2 cm³/mol. The second kappa shape index (κ2) is 2.34. The van der Waals surface area contributed by atoms with Gasteiger partial charge in [0.15, 0.2) is 0 Å². The monoisotopic (exact) mass is 160 g/mol. The first kappa shape index (κ1) is 6.84. The molecule has 0 unspecified atom stereocenters. The van der Waals surface area contributed by atoms with Crippen LogP contribution in [0.15, 0.2) is 33.8 Å². The van der Waals surface area contributed by atoms with Crippen LogP contribution in [-0.4, -0.2) is 23.7 Å². The van der Waals surface area contributed by atoms with E-state index in [0.29, 0.717) is 0 Å². The van der Waals surface area contributed by atoms with Crippen LogP contribution in [-0.2, 0) is 9.59 Å². The van der Waals surface area contributed by atoms with Crippen LogP contribution in [0, 0.1) is 0 Å². The van der Waals surface area contributed by atoms with Crippen molar-refractivity contribution < 1.29 is 9.59 Å². The van der Waals surface area contributed by atoms with Crippen LogP contribution < -0.4 is 0 Å². The second-order valence-corrected chi connectivity index (χ2v) is 2.33. The van der Waals surface area contributed by atoms with E-state index in [-0.39, 0.29) is 17.1 Å². The number of carbonyl (C=O) groups excluding carboxylic acids is 2. The summed E-state index contributed by atoms with van der Waals surface area (Å²) >= 11 is 0. The maximum Gasteiger partial charge on any atom is 0.280 e. The summed E-state index contributed by atoms with van der Waals surface area (Å²) in [6, 6.07) is 0. The third kappa shape index (κ3) is 0.852. The molecule has 1 amide bonds. The first-order chi connectivity index (χ1) is 5.79. The molecule has 0 saturated heterocycles. The van der Waals surface area contributed by atoms with E-state index in [4.69, 9.17) is 0 Å². The van der Waals surface area contributed by atoms with Gasteiger partial charge >= 0.3 is 0 Å². The van der Waals surface area contributed by atoms with Crippen LogP contribution in [0.4, 0.5) is 0 Å². The largest absolute Gasteiger partial charge is 0.288 e. The lowest BCUT2D eigenvalue weighted by Gasteiger charge is -2.08. The minimum absolute atomic E-state index is 0.192. The Labute approximate surface area is 68.0 Å². The molecule has 12 heavy (non-hydrogen) atoms. The number of aliphatic imine (C=N–C) groups is 2. The van der Waals surface area contributed by atoms with Gasteiger partial charge in [0.2, 0.25) is 5.78 Å². The Hall–Kier alpha value is -1.84. The predicted octanol–water partition coefficient (Wildman–Crippen LogP) is 0.0612. The highest BCUT2D eigenvalue weighted by molar-refractivity contribution is 6.57. The van der Waals surface area contributed by atoms with Crippen molar-refractivity contribution in [2.24, 2.45) is 9.98 Å². The molecule has 0 radical (unpaired) electrons. The minimum Gasteiger partial charge on any atom is -0.288 e. The third-order valence-corrected chi connectivity index (χ3v) is 1.59. The lowest BCUT2D eigenvalue weighted by molar-refractivity contribution is -0.114. The van der Waals surface area contributed by atoms with Crippen molar-refractivity contribution in [3.05, 3.63) is 23.8 Å². The molecule has 0 spiro atoms. The van der Waals surface area contributed by atoms with Gasteiger partial charge in [0.1, 0.15) is 12.1 Å². The Morgan fingerprint density at radius 2 is 2.08 bits per heavy atom. The van der Waals surface area contributed by atoms with Gasteiger partial charge in [-0.15, -0.1) is 0 Å². The molecule has 2 rings (SSSR count). The molecule has 4 nitrogen and oxygen atoms in total. The van der Waals surface area contributed by atoms with Crippen molar-refractivity contribution in [3.63, 3.8) is 0 Å².